The van der Waals surface area contributed by atoms with E-state index in [2.05, 4.69) is 28.5 Å². The normalized spacial score (nSPS) is 12.0. The number of hydrogen-bond acceptors (Lipinski definition) is 6. The highest BCUT2D eigenvalue weighted by Gasteiger charge is 2.18. The Kier molecular flexibility index (Phi) is 6.62. The van der Waals surface area contributed by atoms with Crippen LogP contribution in [0.15, 0.2) is 16.5 Å². The molecule has 1 heterocycles. The van der Waals surface area contributed by atoms with Crippen molar-refractivity contribution in [3.63, 3.8) is 0 Å². The highest BCUT2D eigenvalue weighted by Crippen LogP contribution is 2.27. The Morgan fingerprint density at radius 1 is 1.33 bits per heavy atom. The van der Waals surface area contributed by atoms with Gasteiger partial charge in [-0.3, -0.25) is 10.1 Å². The second-order valence-corrected chi connectivity index (χ2v) is 8.00. The summed E-state index contributed by atoms with van der Waals surface area (Å²) in [7, 11) is 0. The fourth-order valence-corrected chi connectivity index (χ4v) is 3.76. The number of aromatic nitrogens is 2. The van der Waals surface area contributed by atoms with E-state index in [0.29, 0.717) is 5.13 Å². The van der Waals surface area contributed by atoms with Crippen LogP contribution in [0.3, 0.4) is 0 Å². The lowest BCUT2D eigenvalue weighted by atomic mass is 10.1. The molecule has 1 unspecified atom stereocenters. The van der Waals surface area contributed by atoms with E-state index in [9.17, 15) is 4.79 Å². The summed E-state index contributed by atoms with van der Waals surface area (Å²) in [4.78, 5) is 12.3. The van der Waals surface area contributed by atoms with Crippen LogP contribution in [0.4, 0.5) is 5.13 Å². The molecule has 0 radical (unpaired) electrons. The van der Waals surface area contributed by atoms with Gasteiger partial charge in [-0.1, -0.05) is 36.1 Å². The number of hydrogen-bond donors (Lipinski definition) is 1. The van der Waals surface area contributed by atoms with Crippen LogP contribution in [-0.4, -0.2) is 28.0 Å². The zero-order valence-electron chi connectivity index (χ0n) is 14.7. The van der Waals surface area contributed by atoms with Crippen LogP contribution in [0, 0.1) is 20.8 Å². The van der Waals surface area contributed by atoms with E-state index in [1.54, 1.807) is 18.7 Å². The first-order valence-corrected chi connectivity index (χ1v) is 9.72. The Morgan fingerprint density at radius 2 is 2.08 bits per heavy atom. The average molecular weight is 366 g/mol. The first-order chi connectivity index (χ1) is 11.4. The van der Waals surface area contributed by atoms with Crippen molar-refractivity contribution in [2.24, 2.45) is 0 Å². The predicted octanol–water partition coefficient (Wildman–Crippen LogP) is 4.37. The molecule has 1 N–H and O–H groups in total. The summed E-state index contributed by atoms with van der Waals surface area (Å²) in [5.74, 6) is 1.51. The molecule has 7 heteroatoms. The van der Waals surface area contributed by atoms with E-state index >= 15 is 0 Å². The molecule has 0 fully saturated rings. The van der Waals surface area contributed by atoms with Gasteiger partial charge in [0.2, 0.25) is 5.13 Å². The molecule has 1 atom stereocenters. The van der Waals surface area contributed by atoms with Crippen molar-refractivity contribution in [1.82, 2.24) is 10.2 Å². The summed E-state index contributed by atoms with van der Waals surface area (Å²) in [5, 5.41) is 11.3. The Balaban J connectivity index is 1.98. The number of carbonyl (C=O) groups is 1. The van der Waals surface area contributed by atoms with E-state index < -0.39 is 6.10 Å². The number of aryl methyl sites for hydroxylation is 2. The molecule has 1 aromatic heterocycles. The second kappa shape index (κ2) is 8.48. The molecule has 2 rings (SSSR count). The van der Waals surface area contributed by atoms with Crippen LogP contribution in [0.25, 0.3) is 0 Å². The van der Waals surface area contributed by atoms with Gasteiger partial charge in [0.05, 0.1) is 0 Å². The molecule has 0 saturated carbocycles. The first-order valence-electron chi connectivity index (χ1n) is 7.92. The Morgan fingerprint density at radius 3 is 2.79 bits per heavy atom. The third kappa shape index (κ3) is 4.95. The first kappa shape index (κ1) is 18.7. The fraction of sp³-hybridized carbons (Fsp3) is 0.471. The minimum Gasteiger partial charge on any atom is -0.481 e. The highest BCUT2D eigenvalue weighted by molar-refractivity contribution is 8.01. The van der Waals surface area contributed by atoms with Gasteiger partial charge in [-0.25, -0.2) is 0 Å². The SMILES string of the molecule is CCCSc1nnc(NC(=O)C(C)Oc2cc(C)cc(C)c2C)s1. The summed E-state index contributed by atoms with van der Waals surface area (Å²) in [5.41, 5.74) is 3.32. The van der Waals surface area contributed by atoms with Crippen molar-refractivity contribution in [3.05, 3.63) is 28.8 Å². The van der Waals surface area contributed by atoms with Crippen molar-refractivity contribution in [1.29, 1.82) is 0 Å². The zero-order chi connectivity index (χ0) is 17.7. The molecule has 0 aliphatic carbocycles. The number of nitrogens with one attached hydrogen (secondary N) is 1. The molecular formula is C17H23N3O2S2. The van der Waals surface area contributed by atoms with Gasteiger partial charge in [0.25, 0.3) is 5.91 Å². The van der Waals surface area contributed by atoms with Gasteiger partial charge in [0, 0.05) is 5.75 Å². The van der Waals surface area contributed by atoms with Gasteiger partial charge in [-0.2, -0.15) is 0 Å². The van der Waals surface area contributed by atoms with Crippen molar-refractivity contribution < 1.29 is 9.53 Å². The van der Waals surface area contributed by atoms with Crippen LogP contribution in [0.1, 0.15) is 37.0 Å². The molecule has 0 saturated heterocycles. The number of carbonyl (C=O) groups excluding carboxylic acids is 1. The average Bonchev–Trinajstić information content (AvgIpc) is 2.97. The summed E-state index contributed by atoms with van der Waals surface area (Å²) in [6, 6.07) is 4.06. The Hall–Kier alpha value is -1.60. The molecular weight excluding hydrogens is 342 g/mol. The maximum absolute atomic E-state index is 12.3. The van der Waals surface area contributed by atoms with Gasteiger partial charge in [-0.05, 0) is 56.9 Å². The number of thioether (sulfide) groups is 1. The summed E-state index contributed by atoms with van der Waals surface area (Å²) in [6.07, 6.45) is 0.465. The van der Waals surface area contributed by atoms with Gasteiger partial charge < -0.3 is 4.74 Å². The molecule has 0 aliphatic heterocycles. The standard InChI is InChI=1S/C17H23N3O2S2/c1-6-7-23-17-20-19-16(24-17)18-15(21)13(5)22-14-9-10(2)8-11(3)12(14)4/h8-9,13H,6-7H2,1-5H3,(H,18,19,21). The Bertz CT molecular complexity index is 716. The molecule has 1 amide bonds. The molecule has 130 valence electrons. The quantitative estimate of drug-likeness (QED) is 0.583. The van der Waals surface area contributed by atoms with Gasteiger partial charge in [-0.15, -0.1) is 10.2 Å². The van der Waals surface area contributed by atoms with Crippen LogP contribution in [0.5, 0.6) is 5.75 Å². The van der Waals surface area contributed by atoms with Gasteiger partial charge in [0.15, 0.2) is 10.4 Å². The van der Waals surface area contributed by atoms with Crippen molar-refractivity contribution in [2.45, 2.75) is 51.5 Å². The van der Waals surface area contributed by atoms with Crippen LogP contribution < -0.4 is 10.1 Å². The monoisotopic (exact) mass is 365 g/mol. The van der Waals surface area contributed by atoms with Crippen LogP contribution >= 0.6 is 23.1 Å². The summed E-state index contributed by atoms with van der Waals surface area (Å²) < 4.78 is 6.72. The van der Waals surface area contributed by atoms with E-state index in [1.165, 1.54) is 11.3 Å². The summed E-state index contributed by atoms with van der Waals surface area (Å²) in [6.45, 7) is 9.90. The topological polar surface area (TPSA) is 64.1 Å². The molecule has 24 heavy (non-hydrogen) atoms. The molecule has 1 aromatic carbocycles. The predicted molar refractivity (Wildman–Crippen MR) is 100 cm³/mol. The lowest BCUT2D eigenvalue weighted by Gasteiger charge is -2.17. The van der Waals surface area contributed by atoms with Crippen molar-refractivity contribution in [3.8, 4) is 5.75 Å². The number of benzene rings is 1. The smallest absolute Gasteiger partial charge is 0.266 e. The third-order valence-corrected chi connectivity index (χ3v) is 5.68. The minimum atomic E-state index is -0.611. The highest BCUT2D eigenvalue weighted by atomic mass is 32.2. The molecule has 5 nitrogen and oxygen atoms in total. The van der Waals surface area contributed by atoms with E-state index in [0.717, 1.165) is 39.0 Å². The Labute approximate surface area is 151 Å². The minimum absolute atomic E-state index is 0.225. The maximum Gasteiger partial charge on any atom is 0.266 e. The number of nitrogens with zero attached hydrogens (tertiary/aromatic N) is 2. The third-order valence-electron chi connectivity index (χ3n) is 3.50. The lowest BCUT2D eigenvalue weighted by Crippen LogP contribution is -2.30. The van der Waals surface area contributed by atoms with Crippen LogP contribution in [-0.2, 0) is 4.79 Å². The molecule has 0 bridgehead atoms. The van der Waals surface area contributed by atoms with Crippen LogP contribution in [0.2, 0.25) is 0 Å². The van der Waals surface area contributed by atoms with Gasteiger partial charge in [0.1, 0.15) is 5.75 Å². The number of amides is 1. The molecule has 0 spiro atoms. The number of ether oxygens (including phenoxy) is 1. The van der Waals surface area contributed by atoms with E-state index in [-0.39, 0.29) is 5.91 Å². The molecule has 0 aliphatic rings. The summed E-state index contributed by atoms with van der Waals surface area (Å²) >= 11 is 3.03. The van der Waals surface area contributed by atoms with Crippen molar-refractivity contribution in [2.75, 3.05) is 11.1 Å². The number of anilines is 1. The van der Waals surface area contributed by atoms with Gasteiger partial charge >= 0.3 is 0 Å². The fourth-order valence-electron chi connectivity index (χ4n) is 2.08. The largest absolute Gasteiger partial charge is 0.481 e. The zero-order valence-corrected chi connectivity index (χ0v) is 16.3. The maximum atomic E-state index is 12.3. The number of rotatable bonds is 7. The second-order valence-electron chi connectivity index (χ2n) is 5.68. The van der Waals surface area contributed by atoms with Crippen molar-refractivity contribution >= 4 is 34.1 Å². The van der Waals surface area contributed by atoms with E-state index in [1.807, 2.05) is 26.8 Å². The van der Waals surface area contributed by atoms with E-state index in [4.69, 9.17) is 4.74 Å². The lowest BCUT2D eigenvalue weighted by molar-refractivity contribution is -0.122. The molecule has 2 aromatic rings.